The van der Waals surface area contributed by atoms with Crippen molar-refractivity contribution < 1.29 is 5.11 Å². The molecule has 6 rings (SSSR count). The first-order valence-electron chi connectivity index (χ1n) is 15.1. The summed E-state index contributed by atoms with van der Waals surface area (Å²) in [4.78, 5) is 10.2. The number of benzene rings is 3. The molecule has 0 atom stereocenters. The van der Waals surface area contributed by atoms with Gasteiger partial charge in [-0.2, -0.15) is 0 Å². The average molecular weight is 568 g/mol. The number of pyridine rings is 2. The molecule has 4 nitrogen and oxygen atoms in total. The monoisotopic (exact) mass is 567 g/mol. The highest BCUT2D eigenvalue weighted by Gasteiger charge is 2.28. The highest BCUT2D eigenvalue weighted by Crippen LogP contribution is 2.42. The summed E-state index contributed by atoms with van der Waals surface area (Å²) in [7, 11) is 0. The first-order chi connectivity index (χ1) is 20.3. The molecule has 43 heavy (non-hydrogen) atoms. The molecule has 3 aromatic carbocycles. The number of hydrogen-bond donors (Lipinski definition) is 1. The maximum atomic E-state index is 11.0. The second-order valence-corrected chi connectivity index (χ2v) is 14.2. The Morgan fingerprint density at radius 2 is 1.40 bits per heavy atom. The molecule has 0 aliphatic carbocycles. The summed E-state index contributed by atoms with van der Waals surface area (Å²) in [6, 6.07) is 31.4. The van der Waals surface area contributed by atoms with Crippen molar-refractivity contribution >= 4 is 21.9 Å². The second-order valence-electron chi connectivity index (χ2n) is 14.2. The highest BCUT2D eigenvalue weighted by molar-refractivity contribution is 6.09. The number of hydrogen-bond acceptors (Lipinski definition) is 3. The van der Waals surface area contributed by atoms with Crippen LogP contribution in [0.5, 0.6) is 5.75 Å². The lowest BCUT2D eigenvalue weighted by atomic mass is 9.79. The fourth-order valence-electron chi connectivity index (χ4n) is 6.02. The van der Waals surface area contributed by atoms with Gasteiger partial charge in [0.05, 0.1) is 22.6 Å². The number of fused-ring (bicyclic) bond motifs is 3. The second kappa shape index (κ2) is 10.1. The van der Waals surface area contributed by atoms with Gasteiger partial charge in [0.2, 0.25) is 0 Å². The molecule has 0 saturated heterocycles. The van der Waals surface area contributed by atoms with Gasteiger partial charge in [0.25, 0.3) is 0 Å². The zero-order valence-corrected chi connectivity index (χ0v) is 26.5. The average Bonchev–Trinajstić information content (AvgIpc) is 3.29. The quantitative estimate of drug-likeness (QED) is 0.231. The maximum absolute atomic E-state index is 11.0. The number of aromatic hydroxyl groups is 1. The van der Waals surface area contributed by atoms with Gasteiger partial charge in [-0.3, -0.25) is 9.55 Å². The normalized spacial score (nSPS) is 12.7. The van der Waals surface area contributed by atoms with Crippen molar-refractivity contribution in [3.8, 4) is 22.7 Å². The smallest absolute Gasteiger partial charge is 0.146 e. The molecule has 0 spiro atoms. The first-order valence-corrected chi connectivity index (χ1v) is 15.1. The van der Waals surface area contributed by atoms with E-state index < -0.39 is 0 Å². The van der Waals surface area contributed by atoms with Crippen LogP contribution in [0.3, 0.4) is 0 Å². The number of phenolic OH excluding ortho intramolecular Hbond substituents is 1. The summed E-state index contributed by atoms with van der Waals surface area (Å²) in [5, 5.41) is 13.3. The third kappa shape index (κ3) is 4.99. The summed E-state index contributed by atoms with van der Waals surface area (Å²) in [5.74, 6) is 0.226. The van der Waals surface area contributed by atoms with Crippen molar-refractivity contribution in [2.24, 2.45) is 0 Å². The molecule has 218 valence electrons. The number of phenols is 1. The van der Waals surface area contributed by atoms with Gasteiger partial charge in [-0.25, -0.2) is 4.98 Å². The fourth-order valence-corrected chi connectivity index (χ4v) is 6.02. The van der Waals surface area contributed by atoms with Crippen molar-refractivity contribution in [2.75, 3.05) is 0 Å². The Morgan fingerprint density at radius 1 is 0.651 bits per heavy atom. The lowest BCUT2D eigenvalue weighted by Crippen LogP contribution is -2.20. The van der Waals surface area contributed by atoms with Crippen molar-refractivity contribution in [3.05, 3.63) is 120 Å². The van der Waals surface area contributed by atoms with Crippen LogP contribution in [-0.4, -0.2) is 19.6 Å². The van der Waals surface area contributed by atoms with E-state index in [2.05, 4.69) is 120 Å². The molecule has 0 saturated carbocycles. The van der Waals surface area contributed by atoms with Gasteiger partial charge < -0.3 is 5.11 Å². The zero-order chi connectivity index (χ0) is 30.7. The molecule has 4 heteroatoms. The van der Waals surface area contributed by atoms with E-state index in [9.17, 15) is 5.11 Å². The van der Waals surface area contributed by atoms with Crippen molar-refractivity contribution in [2.45, 2.75) is 71.6 Å². The Labute approximate surface area is 255 Å². The predicted molar refractivity (Wildman–Crippen MR) is 179 cm³/mol. The largest absolute Gasteiger partial charge is 0.506 e. The number of rotatable bonds is 4. The summed E-state index contributed by atoms with van der Waals surface area (Å²) in [6.07, 6.45) is 1.86. The number of aromatic nitrogens is 3. The summed E-state index contributed by atoms with van der Waals surface area (Å²) >= 11 is 0. The molecule has 0 radical (unpaired) electrons. The van der Waals surface area contributed by atoms with E-state index >= 15 is 0 Å². The van der Waals surface area contributed by atoms with Crippen molar-refractivity contribution in [1.82, 2.24) is 14.5 Å². The lowest BCUT2D eigenvalue weighted by molar-refractivity contribution is 0.473. The van der Waals surface area contributed by atoms with Crippen LogP contribution >= 0.6 is 0 Å². The molecule has 6 aromatic rings. The molecule has 0 aliphatic rings. The Balaban J connectivity index is 1.68. The topological polar surface area (TPSA) is 50.9 Å². The molecule has 0 unspecified atom stereocenters. The van der Waals surface area contributed by atoms with Gasteiger partial charge in [0, 0.05) is 27.9 Å². The minimum atomic E-state index is -0.280. The number of para-hydroxylation sites is 2. The Bertz CT molecular complexity index is 1970. The minimum Gasteiger partial charge on any atom is -0.506 e. The van der Waals surface area contributed by atoms with Gasteiger partial charge in [0.1, 0.15) is 11.4 Å². The Kier molecular flexibility index (Phi) is 6.72. The summed E-state index contributed by atoms with van der Waals surface area (Å²) in [6.45, 7) is 17.9. The lowest BCUT2D eigenvalue weighted by Gasteiger charge is -2.26. The van der Waals surface area contributed by atoms with E-state index in [4.69, 9.17) is 4.98 Å². The van der Waals surface area contributed by atoms with E-state index in [1.54, 1.807) is 6.07 Å². The molecule has 0 bridgehead atoms. The van der Waals surface area contributed by atoms with Crippen LogP contribution in [0.25, 0.3) is 38.9 Å². The molecular weight excluding hydrogens is 526 g/mol. The van der Waals surface area contributed by atoms with Crippen LogP contribution < -0.4 is 0 Å². The van der Waals surface area contributed by atoms with Crippen LogP contribution in [0.2, 0.25) is 0 Å². The zero-order valence-electron chi connectivity index (χ0n) is 26.5. The standard InChI is InChI=1S/C39H41N3O/c1-37(2,3)26-19-20-31-28(23-26)29-24-30(38(4,5)6)35(41-36(29)42(31)32-16-9-10-17-33(32)43)25-14-13-15-27(22-25)39(7,8)34-18-11-12-21-40-34/h9-24,43H,1-8H3. The molecule has 3 heterocycles. The minimum absolute atomic E-state index is 0.00141. The van der Waals surface area contributed by atoms with Crippen LogP contribution in [0.4, 0.5) is 0 Å². The van der Waals surface area contributed by atoms with Crippen molar-refractivity contribution in [1.29, 1.82) is 0 Å². The van der Waals surface area contributed by atoms with Gasteiger partial charge in [0.15, 0.2) is 0 Å². The van der Waals surface area contributed by atoms with E-state index in [-0.39, 0.29) is 22.0 Å². The molecule has 0 aliphatic heterocycles. The van der Waals surface area contributed by atoms with Gasteiger partial charge in [-0.15, -0.1) is 0 Å². The van der Waals surface area contributed by atoms with Gasteiger partial charge >= 0.3 is 0 Å². The van der Waals surface area contributed by atoms with E-state index in [0.717, 1.165) is 44.6 Å². The first kappa shape index (κ1) is 28.7. The molecule has 1 N–H and O–H groups in total. The molecule has 0 fully saturated rings. The van der Waals surface area contributed by atoms with Gasteiger partial charge in [-0.1, -0.05) is 97.9 Å². The molecule has 3 aromatic heterocycles. The third-order valence-electron chi connectivity index (χ3n) is 8.70. The molecule has 0 amide bonds. The maximum Gasteiger partial charge on any atom is 0.146 e. The SMILES string of the molecule is CC(C)(C)c1ccc2c(c1)c1cc(C(C)(C)C)c(-c3cccc(C(C)(C)c4ccccn4)c3)nc1n2-c1ccccc1O. The van der Waals surface area contributed by atoms with E-state index in [0.29, 0.717) is 0 Å². The van der Waals surface area contributed by atoms with Gasteiger partial charge in [-0.05, 0) is 76.1 Å². The highest BCUT2D eigenvalue weighted by atomic mass is 16.3. The number of nitrogens with zero attached hydrogens (tertiary/aromatic N) is 3. The van der Waals surface area contributed by atoms with Crippen LogP contribution in [0.1, 0.15) is 77.8 Å². The predicted octanol–water partition coefficient (Wildman–Crippen LogP) is 9.87. The van der Waals surface area contributed by atoms with Crippen LogP contribution in [-0.2, 0) is 16.2 Å². The summed E-state index contributed by atoms with van der Waals surface area (Å²) < 4.78 is 2.12. The Morgan fingerprint density at radius 3 is 2.07 bits per heavy atom. The summed E-state index contributed by atoms with van der Waals surface area (Å²) in [5.41, 5.74) is 8.82. The third-order valence-corrected chi connectivity index (χ3v) is 8.70. The Hall–Kier alpha value is -4.44. The van der Waals surface area contributed by atoms with E-state index in [1.807, 2.05) is 36.5 Å². The molecular formula is C39H41N3O. The fraction of sp³-hybridized carbons (Fsp3) is 0.282. The van der Waals surface area contributed by atoms with E-state index in [1.165, 1.54) is 16.7 Å². The van der Waals surface area contributed by atoms with Crippen LogP contribution in [0, 0.1) is 0 Å². The van der Waals surface area contributed by atoms with Crippen molar-refractivity contribution in [3.63, 3.8) is 0 Å². The van der Waals surface area contributed by atoms with Crippen LogP contribution in [0.15, 0.2) is 97.2 Å².